The lowest BCUT2D eigenvalue weighted by Gasteiger charge is -2.18. The van der Waals surface area contributed by atoms with Crippen LogP contribution < -0.4 is 10.2 Å². The van der Waals surface area contributed by atoms with Crippen molar-refractivity contribution in [1.82, 2.24) is 4.98 Å². The third-order valence-electron chi connectivity index (χ3n) is 2.42. The maximum absolute atomic E-state index is 4.50. The van der Waals surface area contributed by atoms with E-state index < -0.39 is 0 Å². The molecule has 0 aliphatic heterocycles. The number of hydrogen-bond acceptors (Lipinski definition) is 4. The largest absolute Gasteiger partial charge is 0.373 e. The van der Waals surface area contributed by atoms with Crippen molar-refractivity contribution in [3.05, 3.63) is 39.0 Å². The van der Waals surface area contributed by atoms with Gasteiger partial charge in [-0.15, -0.1) is 11.3 Å². The Bertz CT molecular complexity index is 498. The molecule has 0 bridgehead atoms. The molecule has 2 aromatic rings. The number of anilines is 2. The van der Waals surface area contributed by atoms with E-state index in [1.807, 2.05) is 32.3 Å². The quantitative estimate of drug-likeness (QED) is 0.935. The van der Waals surface area contributed by atoms with E-state index in [4.69, 9.17) is 0 Å². The molecule has 3 nitrogen and oxygen atoms in total. The van der Waals surface area contributed by atoms with Crippen LogP contribution in [0.25, 0.3) is 0 Å². The van der Waals surface area contributed by atoms with Gasteiger partial charge in [0.1, 0.15) is 11.6 Å². The smallest absolute Gasteiger partial charge is 0.130 e. The van der Waals surface area contributed by atoms with Gasteiger partial charge in [-0.05, 0) is 45.1 Å². The zero-order valence-corrected chi connectivity index (χ0v) is 12.2. The summed E-state index contributed by atoms with van der Waals surface area (Å²) < 4.78 is 1.16. The molecule has 0 spiro atoms. The van der Waals surface area contributed by atoms with Crippen molar-refractivity contribution in [2.24, 2.45) is 0 Å². The van der Waals surface area contributed by atoms with E-state index in [-0.39, 0.29) is 0 Å². The van der Waals surface area contributed by atoms with Gasteiger partial charge in [-0.1, -0.05) is 6.07 Å². The predicted octanol–water partition coefficient (Wildman–Crippen LogP) is 3.58. The highest BCUT2D eigenvalue weighted by Gasteiger charge is 2.05. The number of hydrogen-bond donors (Lipinski definition) is 1. The monoisotopic (exact) mass is 311 g/mol. The van der Waals surface area contributed by atoms with Gasteiger partial charge in [0.05, 0.1) is 3.79 Å². The number of thiophene rings is 1. The van der Waals surface area contributed by atoms with Gasteiger partial charge in [0, 0.05) is 20.6 Å². The van der Waals surface area contributed by atoms with Crippen LogP contribution in [0.2, 0.25) is 0 Å². The minimum Gasteiger partial charge on any atom is -0.373 e. The molecule has 0 aliphatic rings. The molecule has 0 aliphatic carbocycles. The lowest BCUT2D eigenvalue weighted by Crippen LogP contribution is -2.17. The molecule has 0 aromatic carbocycles. The van der Waals surface area contributed by atoms with Crippen molar-refractivity contribution >= 4 is 38.9 Å². The SMILES string of the molecule is CNc1cccc(N(C)Cc2csc(Br)c2)n1. The van der Waals surface area contributed by atoms with Gasteiger partial charge < -0.3 is 10.2 Å². The second-order valence-corrected chi connectivity index (χ2v) is 6.04. The number of halogens is 1. The van der Waals surface area contributed by atoms with Crippen LogP contribution in [-0.4, -0.2) is 19.1 Å². The van der Waals surface area contributed by atoms with Crippen molar-refractivity contribution in [2.75, 3.05) is 24.3 Å². The molecule has 2 aromatic heterocycles. The highest BCUT2D eigenvalue weighted by Crippen LogP contribution is 2.23. The van der Waals surface area contributed by atoms with Crippen molar-refractivity contribution in [3.8, 4) is 0 Å². The molecular formula is C12H14BrN3S. The molecule has 0 radical (unpaired) electrons. The lowest BCUT2D eigenvalue weighted by atomic mass is 10.3. The first kappa shape index (κ1) is 12.4. The van der Waals surface area contributed by atoms with Crippen molar-refractivity contribution < 1.29 is 0 Å². The van der Waals surface area contributed by atoms with E-state index in [1.54, 1.807) is 11.3 Å². The molecule has 0 atom stereocenters. The molecule has 2 rings (SSSR count). The summed E-state index contributed by atoms with van der Waals surface area (Å²) in [4.78, 5) is 6.63. The van der Waals surface area contributed by atoms with Crippen LogP contribution in [-0.2, 0) is 6.54 Å². The Balaban J connectivity index is 2.11. The Labute approximate surface area is 114 Å². The summed E-state index contributed by atoms with van der Waals surface area (Å²) in [5.41, 5.74) is 1.29. The van der Waals surface area contributed by atoms with Crippen LogP contribution in [0.4, 0.5) is 11.6 Å². The summed E-state index contributed by atoms with van der Waals surface area (Å²) in [5, 5.41) is 5.20. The fourth-order valence-electron chi connectivity index (χ4n) is 1.56. The molecule has 5 heteroatoms. The van der Waals surface area contributed by atoms with Gasteiger partial charge >= 0.3 is 0 Å². The first-order valence-corrected chi connectivity index (χ1v) is 6.95. The summed E-state index contributed by atoms with van der Waals surface area (Å²) in [6.07, 6.45) is 0. The molecule has 0 saturated heterocycles. The first-order valence-electron chi connectivity index (χ1n) is 5.28. The second kappa shape index (κ2) is 5.51. The highest BCUT2D eigenvalue weighted by atomic mass is 79.9. The molecule has 90 valence electrons. The van der Waals surface area contributed by atoms with Crippen molar-refractivity contribution in [3.63, 3.8) is 0 Å². The summed E-state index contributed by atoms with van der Waals surface area (Å²) in [7, 11) is 3.93. The molecule has 17 heavy (non-hydrogen) atoms. The van der Waals surface area contributed by atoms with Gasteiger partial charge in [0.15, 0.2) is 0 Å². The van der Waals surface area contributed by atoms with Gasteiger partial charge in [0.25, 0.3) is 0 Å². The fraction of sp³-hybridized carbons (Fsp3) is 0.250. The van der Waals surface area contributed by atoms with Crippen LogP contribution in [0, 0.1) is 0 Å². The van der Waals surface area contributed by atoms with Crippen LogP contribution in [0.15, 0.2) is 33.4 Å². The average molecular weight is 312 g/mol. The minimum absolute atomic E-state index is 0.863. The molecule has 0 amide bonds. The number of aromatic nitrogens is 1. The molecule has 2 heterocycles. The van der Waals surface area contributed by atoms with Crippen LogP contribution in [0.1, 0.15) is 5.56 Å². The van der Waals surface area contributed by atoms with E-state index in [2.05, 4.69) is 42.6 Å². The summed E-state index contributed by atoms with van der Waals surface area (Å²) in [6.45, 7) is 0.863. The zero-order chi connectivity index (χ0) is 12.3. The fourth-order valence-corrected chi connectivity index (χ4v) is 2.76. The van der Waals surface area contributed by atoms with E-state index >= 15 is 0 Å². The summed E-state index contributed by atoms with van der Waals surface area (Å²) >= 11 is 5.18. The number of nitrogens with one attached hydrogen (secondary N) is 1. The van der Waals surface area contributed by atoms with Gasteiger partial charge in [0.2, 0.25) is 0 Å². The van der Waals surface area contributed by atoms with Gasteiger partial charge in [-0.2, -0.15) is 0 Å². The van der Waals surface area contributed by atoms with Gasteiger partial charge in [-0.25, -0.2) is 4.98 Å². The maximum Gasteiger partial charge on any atom is 0.130 e. The van der Waals surface area contributed by atoms with E-state index in [0.717, 1.165) is 22.0 Å². The highest BCUT2D eigenvalue weighted by molar-refractivity contribution is 9.11. The molecule has 0 saturated carbocycles. The van der Waals surface area contributed by atoms with Gasteiger partial charge in [-0.3, -0.25) is 0 Å². The number of nitrogens with zero attached hydrogens (tertiary/aromatic N) is 2. The zero-order valence-electron chi connectivity index (χ0n) is 9.77. The number of pyridine rings is 1. The molecular weight excluding hydrogens is 298 g/mol. The molecule has 0 unspecified atom stereocenters. The summed E-state index contributed by atoms with van der Waals surface area (Å²) in [6, 6.07) is 8.12. The van der Waals surface area contributed by atoms with Crippen LogP contribution in [0.5, 0.6) is 0 Å². The first-order chi connectivity index (χ1) is 8.19. The predicted molar refractivity (Wildman–Crippen MR) is 77.9 cm³/mol. The van der Waals surface area contributed by atoms with E-state index in [0.29, 0.717) is 0 Å². The Morgan fingerprint density at radius 2 is 2.29 bits per heavy atom. The Hall–Kier alpha value is -1.07. The molecule has 0 fully saturated rings. The Morgan fingerprint density at radius 3 is 2.94 bits per heavy atom. The standard InChI is InChI=1S/C12H14BrN3S/c1-14-11-4-3-5-12(15-11)16(2)7-9-6-10(13)17-8-9/h3-6,8H,7H2,1-2H3,(H,14,15). The second-order valence-electron chi connectivity index (χ2n) is 3.75. The summed E-state index contributed by atoms with van der Waals surface area (Å²) in [5.74, 6) is 1.86. The van der Waals surface area contributed by atoms with Crippen LogP contribution in [0.3, 0.4) is 0 Å². The number of rotatable bonds is 4. The Kier molecular flexibility index (Phi) is 4.02. The molecule has 1 N–H and O–H groups in total. The normalized spacial score (nSPS) is 10.3. The minimum atomic E-state index is 0.863. The lowest BCUT2D eigenvalue weighted by molar-refractivity contribution is 0.902. The third kappa shape index (κ3) is 3.20. The third-order valence-corrected chi connectivity index (χ3v) is 3.98. The van der Waals surface area contributed by atoms with Crippen molar-refractivity contribution in [2.45, 2.75) is 6.54 Å². The Morgan fingerprint density at radius 1 is 1.47 bits per heavy atom. The van der Waals surface area contributed by atoms with Crippen molar-refractivity contribution in [1.29, 1.82) is 0 Å². The van der Waals surface area contributed by atoms with E-state index in [1.165, 1.54) is 5.56 Å². The topological polar surface area (TPSA) is 28.2 Å². The van der Waals surface area contributed by atoms with E-state index in [9.17, 15) is 0 Å². The van der Waals surface area contributed by atoms with Crippen LogP contribution >= 0.6 is 27.3 Å². The maximum atomic E-state index is 4.50. The average Bonchev–Trinajstić information content (AvgIpc) is 2.75.